The van der Waals surface area contributed by atoms with Crippen molar-refractivity contribution < 1.29 is 8.83 Å². The normalized spacial score (nSPS) is 11.5. The Morgan fingerprint density at radius 1 is 0.254 bits per heavy atom. The summed E-state index contributed by atoms with van der Waals surface area (Å²) in [6, 6.07) is 84.0. The minimum absolute atomic E-state index is 0.854. The zero-order valence-electron chi connectivity index (χ0n) is 34.3. The number of rotatable bonds is 8. The summed E-state index contributed by atoms with van der Waals surface area (Å²) in [6.07, 6.45) is 0. The van der Waals surface area contributed by atoms with Crippen molar-refractivity contribution in [2.45, 2.75) is 0 Å². The Kier molecular flexibility index (Phi) is 8.83. The maximum Gasteiger partial charge on any atom is 0.136 e. The Morgan fingerprint density at radius 2 is 0.651 bits per heavy atom. The lowest BCUT2D eigenvalue weighted by molar-refractivity contribution is 0.668. The first-order chi connectivity index (χ1) is 31.3. The number of hydrogen-bond acceptors (Lipinski definition) is 3. The third-order valence-corrected chi connectivity index (χ3v) is 12.3. The van der Waals surface area contributed by atoms with E-state index >= 15 is 0 Å². The lowest BCUT2D eigenvalue weighted by atomic mass is 9.85. The van der Waals surface area contributed by atoms with Crippen molar-refractivity contribution in [3.8, 4) is 55.6 Å². The van der Waals surface area contributed by atoms with Crippen LogP contribution >= 0.6 is 0 Å². The quantitative estimate of drug-likeness (QED) is 0.153. The molecule has 0 unspecified atom stereocenters. The van der Waals surface area contributed by atoms with Crippen molar-refractivity contribution in [3.63, 3.8) is 0 Å². The van der Waals surface area contributed by atoms with E-state index in [4.69, 9.17) is 8.83 Å². The molecule has 0 saturated heterocycles. The second-order valence-electron chi connectivity index (χ2n) is 16.0. The van der Waals surface area contributed by atoms with Gasteiger partial charge in [0.2, 0.25) is 0 Å². The van der Waals surface area contributed by atoms with Crippen LogP contribution in [0.1, 0.15) is 0 Å². The summed E-state index contributed by atoms with van der Waals surface area (Å²) in [7, 11) is 0. The molecule has 0 radical (unpaired) electrons. The molecule has 0 atom stereocenters. The first-order valence-corrected chi connectivity index (χ1v) is 21.4. The molecule has 0 spiro atoms. The van der Waals surface area contributed by atoms with Gasteiger partial charge in [-0.1, -0.05) is 170 Å². The third kappa shape index (κ3) is 6.29. The Morgan fingerprint density at radius 3 is 1.19 bits per heavy atom. The van der Waals surface area contributed by atoms with Gasteiger partial charge in [0.05, 0.1) is 5.69 Å². The van der Waals surface area contributed by atoms with Crippen LogP contribution in [0, 0.1) is 0 Å². The number of benzene rings is 10. The number of furan rings is 2. The highest BCUT2D eigenvalue weighted by Crippen LogP contribution is 2.49. The fourth-order valence-corrected chi connectivity index (χ4v) is 9.46. The molecule has 2 heterocycles. The van der Waals surface area contributed by atoms with Crippen molar-refractivity contribution in [1.29, 1.82) is 0 Å². The van der Waals surface area contributed by atoms with Gasteiger partial charge >= 0.3 is 0 Å². The van der Waals surface area contributed by atoms with Crippen molar-refractivity contribution in [1.82, 2.24) is 0 Å². The van der Waals surface area contributed by atoms with Crippen LogP contribution in [-0.4, -0.2) is 0 Å². The number of fused-ring (bicyclic) bond motifs is 6. The van der Waals surface area contributed by atoms with Crippen LogP contribution < -0.4 is 4.90 Å². The summed E-state index contributed by atoms with van der Waals surface area (Å²) in [5.41, 5.74) is 18.1. The molecular weight excluding hydrogens is 767 g/mol. The highest BCUT2D eigenvalue weighted by atomic mass is 16.3. The van der Waals surface area contributed by atoms with E-state index in [-0.39, 0.29) is 0 Å². The van der Waals surface area contributed by atoms with Gasteiger partial charge in [0.1, 0.15) is 22.3 Å². The van der Waals surface area contributed by atoms with E-state index in [9.17, 15) is 0 Å². The second-order valence-corrected chi connectivity index (χ2v) is 16.0. The molecular formula is C60H39NO2. The van der Waals surface area contributed by atoms with E-state index in [1.54, 1.807) is 0 Å². The molecule has 0 N–H and O–H groups in total. The average Bonchev–Trinajstić information content (AvgIpc) is 3.94. The number of anilines is 3. The predicted molar refractivity (Wildman–Crippen MR) is 263 cm³/mol. The number of hydrogen-bond donors (Lipinski definition) is 0. The fraction of sp³-hybridized carbons (Fsp3) is 0. The standard InChI is InChI=1S/C60H39NO2/c1-4-16-40(17-5-1)41-28-32-45(33-29-41)61(52-25-13-10-22-47(52)42-18-6-2-7-19-42)46-34-30-44(31-35-46)58-49(37-39-56-60(58)51-24-12-15-27-54(51)63-56)48-36-38-55-59(50-23-11-14-26-53(50)62-55)57(48)43-20-8-3-9-21-43/h1-39H. The van der Waals surface area contributed by atoms with Crippen molar-refractivity contribution >= 4 is 60.9 Å². The van der Waals surface area contributed by atoms with Gasteiger partial charge in [-0.25, -0.2) is 0 Å². The van der Waals surface area contributed by atoms with Crippen LogP contribution in [-0.2, 0) is 0 Å². The monoisotopic (exact) mass is 805 g/mol. The Bertz CT molecular complexity index is 3590. The maximum atomic E-state index is 6.59. The molecule has 0 aliphatic rings. The molecule has 296 valence electrons. The summed E-state index contributed by atoms with van der Waals surface area (Å²) in [4.78, 5) is 2.38. The summed E-state index contributed by atoms with van der Waals surface area (Å²) < 4.78 is 13.1. The molecule has 2 aromatic heterocycles. The van der Waals surface area contributed by atoms with Gasteiger partial charge in [0.15, 0.2) is 0 Å². The van der Waals surface area contributed by atoms with Crippen LogP contribution in [0.2, 0.25) is 0 Å². The van der Waals surface area contributed by atoms with E-state index in [1.165, 1.54) is 11.1 Å². The Hall–Kier alpha value is -8.40. The SMILES string of the molecule is c1ccc(-c2ccc(N(c3ccc(-c4c(-c5ccc6oc7ccccc7c6c5-c5ccccc5)ccc5oc6ccccc6c45)cc3)c3ccccc3-c3ccccc3)cc2)cc1. The highest BCUT2D eigenvalue weighted by Gasteiger charge is 2.24. The van der Waals surface area contributed by atoms with E-state index < -0.39 is 0 Å². The summed E-state index contributed by atoms with van der Waals surface area (Å²) in [5.74, 6) is 0. The molecule has 0 amide bonds. The molecule has 0 bridgehead atoms. The van der Waals surface area contributed by atoms with Gasteiger partial charge in [-0.05, 0) is 106 Å². The second kappa shape index (κ2) is 15.3. The average molecular weight is 806 g/mol. The van der Waals surface area contributed by atoms with E-state index in [1.807, 2.05) is 12.1 Å². The van der Waals surface area contributed by atoms with Gasteiger partial charge in [-0.15, -0.1) is 0 Å². The molecule has 0 fully saturated rings. The van der Waals surface area contributed by atoms with E-state index in [0.717, 1.165) is 105 Å². The largest absolute Gasteiger partial charge is 0.456 e. The van der Waals surface area contributed by atoms with Crippen molar-refractivity contribution in [2.75, 3.05) is 4.90 Å². The summed E-state index contributed by atoms with van der Waals surface area (Å²) >= 11 is 0. The Balaban J connectivity index is 1.08. The Labute approximate surface area is 365 Å². The molecule has 12 aromatic rings. The lowest BCUT2D eigenvalue weighted by Gasteiger charge is -2.28. The molecule has 10 aromatic carbocycles. The van der Waals surface area contributed by atoms with Crippen LogP contribution in [0.3, 0.4) is 0 Å². The minimum atomic E-state index is 0.854. The van der Waals surface area contributed by atoms with Gasteiger partial charge < -0.3 is 13.7 Å². The molecule has 0 aliphatic carbocycles. The molecule has 12 rings (SSSR count). The first-order valence-electron chi connectivity index (χ1n) is 21.4. The van der Waals surface area contributed by atoms with Crippen molar-refractivity contribution in [3.05, 3.63) is 237 Å². The van der Waals surface area contributed by atoms with Crippen LogP contribution in [0.25, 0.3) is 99.5 Å². The molecule has 0 saturated carbocycles. The van der Waals surface area contributed by atoms with Gasteiger partial charge in [0.25, 0.3) is 0 Å². The number of para-hydroxylation sites is 3. The third-order valence-electron chi connectivity index (χ3n) is 12.3. The molecule has 3 nitrogen and oxygen atoms in total. The maximum absolute atomic E-state index is 6.59. The fourth-order valence-electron chi connectivity index (χ4n) is 9.46. The predicted octanol–water partition coefficient (Wildman–Crippen LogP) is 17.3. The summed E-state index contributed by atoms with van der Waals surface area (Å²) in [5, 5.41) is 4.39. The topological polar surface area (TPSA) is 29.5 Å². The van der Waals surface area contributed by atoms with Gasteiger partial charge in [-0.2, -0.15) is 0 Å². The zero-order chi connectivity index (χ0) is 41.7. The molecule has 3 heteroatoms. The van der Waals surface area contributed by atoms with E-state index in [2.05, 4.69) is 229 Å². The minimum Gasteiger partial charge on any atom is -0.456 e. The van der Waals surface area contributed by atoms with Gasteiger partial charge in [-0.3, -0.25) is 0 Å². The van der Waals surface area contributed by atoms with Crippen molar-refractivity contribution in [2.24, 2.45) is 0 Å². The van der Waals surface area contributed by atoms with Crippen LogP contribution in [0.5, 0.6) is 0 Å². The van der Waals surface area contributed by atoms with E-state index in [0.29, 0.717) is 0 Å². The van der Waals surface area contributed by atoms with Crippen LogP contribution in [0.15, 0.2) is 245 Å². The molecule has 0 aliphatic heterocycles. The highest BCUT2D eigenvalue weighted by molar-refractivity contribution is 6.20. The van der Waals surface area contributed by atoms with Crippen LogP contribution in [0.4, 0.5) is 17.1 Å². The first kappa shape index (κ1) is 36.5. The lowest BCUT2D eigenvalue weighted by Crippen LogP contribution is -2.11. The van der Waals surface area contributed by atoms with Gasteiger partial charge in [0, 0.05) is 49.6 Å². The molecule has 63 heavy (non-hydrogen) atoms. The summed E-state index contributed by atoms with van der Waals surface area (Å²) in [6.45, 7) is 0. The number of nitrogens with zero attached hydrogens (tertiary/aromatic N) is 1. The zero-order valence-corrected chi connectivity index (χ0v) is 34.3. The smallest absolute Gasteiger partial charge is 0.136 e.